The fourth-order valence-electron chi connectivity index (χ4n) is 2.10. The highest BCUT2D eigenvalue weighted by atomic mass is 19.4. The summed E-state index contributed by atoms with van der Waals surface area (Å²) < 4.78 is 47.1. The van der Waals surface area contributed by atoms with Gasteiger partial charge in [-0.05, 0) is 42.3 Å². The van der Waals surface area contributed by atoms with Gasteiger partial charge in [-0.3, -0.25) is 4.79 Å². The molecule has 1 N–H and O–H groups in total. The van der Waals surface area contributed by atoms with Crippen molar-refractivity contribution in [1.29, 1.82) is 0 Å². The molecule has 2 aromatic rings. The lowest BCUT2D eigenvalue weighted by Crippen LogP contribution is -2.20. The number of halogens is 3. The summed E-state index contributed by atoms with van der Waals surface area (Å²) in [4.78, 5) is 12.0. The number of benzene rings is 2. The molecule has 0 radical (unpaired) electrons. The third-order valence-electron chi connectivity index (χ3n) is 3.32. The Bertz CT molecular complexity index is 771. The Hall–Kier alpha value is -2.96. The minimum absolute atomic E-state index is 0.0472. The molecule has 0 unspecified atom stereocenters. The van der Waals surface area contributed by atoms with Crippen molar-refractivity contribution >= 4 is 17.7 Å². The molecule has 0 aliphatic carbocycles. The molecule has 2 rings (SSSR count). The summed E-state index contributed by atoms with van der Waals surface area (Å²) >= 11 is 0. The van der Waals surface area contributed by atoms with E-state index in [4.69, 9.17) is 9.47 Å². The number of carbonyl (C=O) groups is 1. The van der Waals surface area contributed by atoms with Gasteiger partial charge in [-0.25, -0.2) is 0 Å². The molecule has 0 aromatic heterocycles. The van der Waals surface area contributed by atoms with Crippen molar-refractivity contribution < 1.29 is 27.4 Å². The van der Waals surface area contributed by atoms with Crippen LogP contribution in [0.5, 0.6) is 11.5 Å². The van der Waals surface area contributed by atoms with Crippen LogP contribution in [0.2, 0.25) is 0 Å². The zero-order valence-corrected chi connectivity index (χ0v) is 14.8. The zero-order valence-electron chi connectivity index (χ0n) is 14.8. The Balaban J connectivity index is 1.96. The van der Waals surface area contributed by atoms with Crippen LogP contribution in [0.15, 0.2) is 54.6 Å². The van der Waals surface area contributed by atoms with Crippen molar-refractivity contribution in [2.75, 3.05) is 18.5 Å². The monoisotopic (exact) mass is 379 g/mol. The van der Waals surface area contributed by atoms with E-state index < -0.39 is 18.7 Å². The second kappa shape index (κ2) is 9.66. The molecule has 2 aromatic carbocycles. The Labute approximate surface area is 155 Å². The molecule has 4 nitrogen and oxygen atoms in total. The molecule has 0 saturated heterocycles. The zero-order chi connectivity index (χ0) is 19.7. The number of nitrogens with one attached hydrogen (secondary N) is 1. The van der Waals surface area contributed by atoms with Gasteiger partial charge in [0.05, 0.1) is 12.3 Å². The summed E-state index contributed by atoms with van der Waals surface area (Å²) in [6.07, 6.45) is -0.652. The summed E-state index contributed by atoms with van der Waals surface area (Å²) in [5.74, 6) is 0.215. The molecule has 1 amide bonds. The van der Waals surface area contributed by atoms with E-state index in [1.54, 1.807) is 36.4 Å². The number of anilines is 1. The van der Waals surface area contributed by atoms with E-state index in [1.807, 2.05) is 6.92 Å². The molecular formula is C20H20F3NO3. The highest BCUT2D eigenvalue weighted by Gasteiger charge is 2.28. The largest absolute Gasteiger partial charge is 0.494 e. The van der Waals surface area contributed by atoms with E-state index in [0.29, 0.717) is 6.61 Å². The number of amides is 1. The van der Waals surface area contributed by atoms with Crippen LogP contribution in [0.3, 0.4) is 0 Å². The first kappa shape index (κ1) is 20.4. The van der Waals surface area contributed by atoms with Crippen LogP contribution in [-0.2, 0) is 4.79 Å². The van der Waals surface area contributed by atoms with Crippen molar-refractivity contribution in [3.63, 3.8) is 0 Å². The number of rotatable bonds is 8. The number of ether oxygens (including phenoxy) is 2. The average molecular weight is 379 g/mol. The van der Waals surface area contributed by atoms with Gasteiger partial charge >= 0.3 is 6.18 Å². The van der Waals surface area contributed by atoms with Crippen LogP contribution in [0.1, 0.15) is 18.9 Å². The van der Waals surface area contributed by atoms with Gasteiger partial charge in [0.15, 0.2) is 6.61 Å². The fourth-order valence-corrected chi connectivity index (χ4v) is 2.10. The SMILES string of the molecule is CCCOc1ccc(/C=C/C(=O)Nc2ccccc2OCC(F)(F)F)cc1. The maximum atomic E-state index is 12.3. The van der Waals surface area contributed by atoms with E-state index in [0.717, 1.165) is 17.7 Å². The molecule has 27 heavy (non-hydrogen) atoms. The Morgan fingerprint density at radius 2 is 1.78 bits per heavy atom. The predicted octanol–water partition coefficient (Wildman–Crippen LogP) is 5.07. The standard InChI is InChI=1S/C20H20F3NO3/c1-2-13-26-16-10-7-15(8-11-16)9-12-19(25)24-17-5-3-4-6-18(17)27-14-20(21,22)23/h3-12H,2,13-14H2,1H3,(H,24,25)/b12-9+. The molecule has 144 valence electrons. The molecule has 0 spiro atoms. The third kappa shape index (κ3) is 7.43. The maximum Gasteiger partial charge on any atom is 0.422 e. The Morgan fingerprint density at radius 3 is 2.44 bits per heavy atom. The predicted molar refractivity (Wildman–Crippen MR) is 97.9 cm³/mol. The van der Waals surface area contributed by atoms with Gasteiger partial charge in [0, 0.05) is 6.08 Å². The van der Waals surface area contributed by atoms with Crippen LogP contribution in [0.4, 0.5) is 18.9 Å². The van der Waals surface area contributed by atoms with Gasteiger partial charge in [-0.2, -0.15) is 13.2 Å². The van der Waals surface area contributed by atoms with Crippen LogP contribution in [0, 0.1) is 0 Å². The minimum Gasteiger partial charge on any atom is -0.494 e. The van der Waals surface area contributed by atoms with Crippen LogP contribution in [0.25, 0.3) is 6.08 Å². The lowest BCUT2D eigenvalue weighted by Gasteiger charge is -2.13. The first-order chi connectivity index (χ1) is 12.9. The summed E-state index contributed by atoms with van der Waals surface area (Å²) in [6, 6.07) is 13.1. The van der Waals surface area contributed by atoms with Crippen LogP contribution >= 0.6 is 0 Å². The molecule has 7 heteroatoms. The maximum absolute atomic E-state index is 12.3. The summed E-state index contributed by atoms with van der Waals surface area (Å²) in [5.41, 5.74) is 0.954. The molecule has 0 bridgehead atoms. The molecule has 0 saturated carbocycles. The van der Waals surface area contributed by atoms with Crippen LogP contribution in [-0.4, -0.2) is 25.3 Å². The molecular weight excluding hydrogens is 359 g/mol. The van der Waals surface area contributed by atoms with Gasteiger partial charge in [0.2, 0.25) is 5.91 Å². The van der Waals surface area contributed by atoms with Crippen LogP contribution < -0.4 is 14.8 Å². The topological polar surface area (TPSA) is 47.6 Å². The van der Waals surface area contributed by atoms with E-state index >= 15 is 0 Å². The van der Waals surface area contributed by atoms with Crippen molar-refractivity contribution in [2.45, 2.75) is 19.5 Å². The van der Waals surface area contributed by atoms with E-state index in [1.165, 1.54) is 24.3 Å². The van der Waals surface area contributed by atoms with Crippen molar-refractivity contribution in [2.24, 2.45) is 0 Å². The van der Waals surface area contributed by atoms with Crippen molar-refractivity contribution in [1.82, 2.24) is 0 Å². The minimum atomic E-state index is -4.45. The first-order valence-corrected chi connectivity index (χ1v) is 8.38. The van der Waals surface area contributed by atoms with E-state index in [9.17, 15) is 18.0 Å². The van der Waals surface area contributed by atoms with Gasteiger partial charge in [0.25, 0.3) is 0 Å². The molecule has 0 aliphatic rings. The van der Waals surface area contributed by atoms with Gasteiger partial charge in [0.1, 0.15) is 11.5 Å². The third-order valence-corrected chi connectivity index (χ3v) is 3.32. The number of hydrogen-bond donors (Lipinski definition) is 1. The smallest absolute Gasteiger partial charge is 0.422 e. The summed E-state index contributed by atoms with van der Waals surface area (Å²) in [6.45, 7) is 1.22. The second-order valence-corrected chi connectivity index (χ2v) is 5.64. The molecule has 0 heterocycles. The van der Waals surface area contributed by atoms with Crippen molar-refractivity contribution in [3.8, 4) is 11.5 Å². The molecule has 0 aliphatic heterocycles. The number of carbonyl (C=O) groups excluding carboxylic acids is 1. The molecule has 0 fully saturated rings. The quantitative estimate of drug-likeness (QED) is 0.652. The lowest BCUT2D eigenvalue weighted by molar-refractivity contribution is -0.153. The Kier molecular flexibility index (Phi) is 7.28. The average Bonchev–Trinajstić information content (AvgIpc) is 2.64. The number of para-hydroxylation sites is 2. The van der Waals surface area contributed by atoms with Gasteiger partial charge in [-0.1, -0.05) is 31.2 Å². The van der Waals surface area contributed by atoms with E-state index in [2.05, 4.69) is 5.32 Å². The normalized spacial score (nSPS) is 11.4. The van der Waals surface area contributed by atoms with Gasteiger partial charge in [-0.15, -0.1) is 0 Å². The number of alkyl halides is 3. The van der Waals surface area contributed by atoms with E-state index in [-0.39, 0.29) is 11.4 Å². The highest BCUT2D eigenvalue weighted by Crippen LogP contribution is 2.26. The summed E-state index contributed by atoms with van der Waals surface area (Å²) in [7, 11) is 0. The highest BCUT2D eigenvalue weighted by molar-refractivity contribution is 6.02. The molecule has 0 atom stereocenters. The Morgan fingerprint density at radius 1 is 1.07 bits per heavy atom. The fraction of sp³-hybridized carbons (Fsp3) is 0.250. The lowest BCUT2D eigenvalue weighted by atomic mass is 10.2. The second-order valence-electron chi connectivity index (χ2n) is 5.64. The number of hydrogen-bond acceptors (Lipinski definition) is 3. The first-order valence-electron chi connectivity index (χ1n) is 8.38. The summed E-state index contributed by atoms with van der Waals surface area (Å²) in [5, 5.41) is 2.51. The van der Waals surface area contributed by atoms with Crippen molar-refractivity contribution in [3.05, 3.63) is 60.2 Å². The van der Waals surface area contributed by atoms with Gasteiger partial charge < -0.3 is 14.8 Å².